The summed E-state index contributed by atoms with van der Waals surface area (Å²) in [6, 6.07) is 0. The van der Waals surface area contributed by atoms with Gasteiger partial charge in [0.2, 0.25) is 0 Å². The SMILES string of the molecule is CC[C@H]1C[C@]2(C)C(=O)CC[C@]2(O)[C@@H]1C(C)=O. The molecule has 0 saturated heterocycles. The van der Waals surface area contributed by atoms with Crippen molar-refractivity contribution in [3.63, 3.8) is 0 Å². The normalized spacial score (nSPS) is 47.1. The Kier molecular flexibility index (Phi) is 2.50. The number of ketones is 2. The van der Waals surface area contributed by atoms with Crippen molar-refractivity contribution < 1.29 is 14.7 Å². The zero-order chi connectivity index (χ0) is 12.1. The standard InChI is InChI=1S/C13H20O3/c1-4-9-7-12(3)10(15)5-6-13(12,16)11(9)8(2)14/h9,11,16H,4-7H2,1-3H3/t9-,11+,12+,13-/m0/s1. The molecular formula is C13H20O3. The third-order valence-electron chi connectivity index (χ3n) is 4.92. The molecule has 0 aromatic carbocycles. The molecule has 0 heterocycles. The zero-order valence-corrected chi connectivity index (χ0v) is 10.2. The summed E-state index contributed by atoms with van der Waals surface area (Å²) in [5.41, 5.74) is -1.75. The minimum absolute atomic E-state index is 0.0350. The molecule has 1 N–H and O–H groups in total. The Morgan fingerprint density at radius 1 is 1.56 bits per heavy atom. The molecule has 0 aromatic heterocycles. The molecule has 3 nitrogen and oxygen atoms in total. The molecule has 0 unspecified atom stereocenters. The van der Waals surface area contributed by atoms with E-state index < -0.39 is 11.0 Å². The van der Waals surface area contributed by atoms with Crippen molar-refractivity contribution >= 4 is 11.6 Å². The van der Waals surface area contributed by atoms with Gasteiger partial charge in [-0.3, -0.25) is 9.59 Å². The van der Waals surface area contributed by atoms with Crippen LogP contribution in [0.5, 0.6) is 0 Å². The molecule has 0 radical (unpaired) electrons. The molecule has 0 spiro atoms. The Bertz CT molecular complexity index is 349. The smallest absolute Gasteiger partial charge is 0.141 e. The number of hydrogen-bond donors (Lipinski definition) is 1. The van der Waals surface area contributed by atoms with Crippen molar-refractivity contribution in [2.45, 2.75) is 52.1 Å². The fourth-order valence-electron chi connectivity index (χ4n) is 3.97. The van der Waals surface area contributed by atoms with Gasteiger partial charge in [-0.2, -0.15) is 0 Å². The van der Waals surface area contributed by atoms with Gasteiger partial charge in [-0.25, -0.2) is 0 Å². The maximum absolute atomic E-state index is 11.9. The van der Waals surface area contributed by atoms with E-state index in [-0.39, 0.29) is 23.4 Å². The summed E-state index contributed by atoms with van der Waals surface area (Å²) in [6.07, 6.45) is 2.41. The van der Waals surface area contributed by atoms with Gasteiger partial charge in [0, 0.05) is 12.3 Å². The minimum Gasteiger partial charge on any atom is -0.388 e. The van der Waals surface area contributed by atoms with Gasteiger partial charge in [0.1, 0.15) is 11.6 Å². The topological polar surface area (TPSA) is 54.4 Å². The number of fused-ring (bicyclic) bond motifs is 1. The quantitative estimate of drug-likeness (QED) is 0.777. The largest absolute Gasteiger partial charge is 0.388 e. The third-order valence-corrected chi connectivity index (χ3v) is 4.92. The number of Topliss-reactive ketones (excluding diaryl/α,β-unsaturated/α-hetero) is 2. The Morgan fingerprint density at radius 3 is 2.69 bits per heavy atom. The highest BCUT2D eigenvalue weighted by atomic mass is 16.3. The molecule has 3 heteroatoms. The second-order valence-corrected chi connectivity index (χ2v) is 5.64. The van der Waals surface area contributed by atoms with E-state index in [1.165, 1.54) is 0 Å². The van der Waals surface area contributed by atoms with Gasteiger partial charge in [-0.05, 0) is 32.6 Å². The molecule has 0 aromatic rings. The average Bonchev–Trinajstić information content (AvgIpc) is 2.56. The van der Waals surface area contributed by atoms with Crippen LogP contribution in [0, 0.1) is 17.3 Å². The van der Waals surface area contributed by atoms with E-state index in [0.29, 0.717) is 19.3 Å². The highest BCUT2D eigenvalue weighted by Crippen LogP contribution is 2.60. The van der Waals surface area contributed by atoms with E-state index in [2.05, 4.69) is 0 Å². The van der Waals surface area contributed by atoms with Crippen molar-refractivity contribution in [1.29, 1.82) is 0 Å². The number of rotatable bonds is 2. The first-order valence-electron chi connectivity index (χ1n) is 6.13. The van der Waals surface area contributed by atoms with E-state index in [4.69, 9.17) is 0 Å². The lowest BCUT2D eigenvalue weighted by molar-refractivity contribution is -0.140. The molecule has 0 amide bonds. The molecule has 2 aliphatic carbocycles. The van der Waals surface area contributed by atoms with E-state index in [1.807, 2.05) is 13.8 Å². The fraction of sp³-hybridized carbons (Fsp3) is 0.846. The molecule has 4 atom stereocenters. The number of hydrogen-bond acceptors (Lipinski definition) is 3. The van der Waals surface area contributed by atoms with Gasteiger partial charge in [0.15, 0.2) is 0 Å². The van der Waals surface area contributed by atoms with Crippen LogP contribution in [-0.4, -0.2) is 22.3 Å². The maximum Gasteiger partial charge on any atom is 0.141 e. The van der Waals surface area contributed by atoms with Crippen molar-refractivity contribution in [2.24, 2.45) is 17.3 Å². The van der Waals surface area contributed by atoms with Crippen LogP contribution in [0.3, 0.4) is 0 Å². The van der Waals surface area contributed by atoms with Gasteiger partial charge < -0.3 is 5.11 Å². The lowest BCUT2D eigenvalue weighted by atomic mass is 9.74. The van der Waals surface area contributed by atoms with Crippen molar-refractivity contribution in [2.75, 3.05) is 0 Å². The summed E-state index contributed by atoms with van der Waals surface area (Å²) in [7, 11) is 0. The minimum atomic E-state index is -1.07. The molecule has 90 valence electrons. The number of carbonyl (C=O) groups is 2. The third kappa shape index (κ3) is 1.18. The van der Waals surface area contributed by atoms with Crippen LogP contribution in [0.2, 0.25) is 0 Å². The Hall–Kier alpha value is -0.700. The Labute approximate surface area is 96.2 Å². The molecule has 0 aliphatic heterocycles. The summed E-state index contributed by atoms with van der Waals surface area (Å²) < 4.78 is 0. The highest BCUT2D eigenvalue weighted by Gasteiger charge is 2.67. The molecule has 2 rings (SSSR count). The van der Waals surface area contributed by atoms with E-state index >= 15 is 0 Å². The van der Waals surface area contributed by atoms with E-state index in [0.717, 1.165) is 6.42 Å². The molecular weight excluding hydrogens is 204 g/mol. The van der Waals surface area contributed by atoms with Gasteiger partial charge in [0.05, 0.1) is 11.0 Å². The van der Waals surface area contributed by atoms with Crippen LogP contribution in [0.15, 0.2) is 0 Å². The van der Waals surface area contributed by atoms with E-state index in [1.54, 1.807) is 6.92 Å². The highest BCUT2D eigenvalue weighted by molar-refractivity contribution is 5.92. The monoisotopic (exact) mass is 224 g/mol. The summed E-state index contributed by atoms with van der Waals surface area (Å²) in [4.78, 5) is 23.7. The van der Waals surface area contributed by atoms with Gasteiger partial charge in [-0.1, -0.05) is 13.3 Å². The first-order chi connectivity index (χ1) is 7.37. The van der Waals surface area contributed by atoms with Crippen LogP contribution >= 0.6 is 0 Å². The lowest BCUT2D eigenvalue weighted by Gasteiger charge is -2.35. The number of carbonyl (C=O) groups excluding carboxylic acids is 2. The number of aliphatic hydroxyl groups is 1. The maximum atomic E-state index is 11.9. The van der Waals surface area contributed by atoms with Crippen molar-refractivity contribution in [1.82, 2.24) is 0 Å². The Balaban J connectivity index is 2.46. The predicted molar refractivity (Wildman–Crippen MR) is 59.9 cm³/mol. The van der Waals surface area contributed by atoms with Crippen LogP contribution in [-0.2, 0) is 9.59 Å². The lowest BCUT2D eigenvalue weighted by Crippen LogP contribution is -2.47. The van der Waals surface area contributed by atoms with Gasteiger partial charge >= 0.3 is 0 Å². The summed E-state index contributed by atoms with van der Waals surface area (Å²) >= 11 is 0. The van der Waals surface area contributed by atoms with Crippen molar-refractivity contribution in [3.05, 3.63) is 0 Å². The molecule has 2 fully saturated rings. The summed E-state index contributed by atoms with van der Waals surface area (Å²) in [5.74, 6) is -0.00400. The molecule has 16 heavy (non-hydrogen) atoms. The molecule has 0 bridgehead atoms. The fourth-order valence-corrected chi connectivity index (χ4v) is 3.97. The van der Waals surface area contributed by atoms with Crippen molar-refractivity contribution in [3.8, 4) is 0 Å². The average molecular weight is 224 g/mol. The summed E-state index contributed by atoms with van der Waals surface area (Å²) in [5, 5.41) is 10.8. The molecule has 2 saturated carbocycles. The zero-order valence-electron chi connectivity index (χ0n) is 10.2. The van der Waals surface area contributed by atoms with Crippen LogP contribution < -0.4 is 0 Å². The summed E-state index contributed by atoms with van der Waals surface area (Å²) in [6.45, 7) is 5.41. The first kappa shape index (κ1) is 11.8. The van der Waals surface area contributed by atoms with Gasteiger partial charge in [0.25, 0.3) is 0 Å². The van der Waals surface area contributed by atoms with Crippen LogP contribution in [0.4, 0.5) is 0 Å². The van der Waals surface area contributed by atoms with Gasteiger partial charge in [-0.15, -0.1) is 0 Å². The Morgan fingerprint density at radius 2 is 2.19 bits per heavy atom. The van der Waals surface area contributed by atoms with Crippen LogP contribution in [0.1, 0.15) is 46.5 Å². The molecule has 2 aliphatic rings. The van der Waals surface area contributed by atoms with E-state index in [9.17, 15) is 14.7 Å². The first-order valence-corrected chi connectivity index (χ1v) is 6.13. The van der Waals surface area contributed by atoms with Crippen LogP contribution in [0.25, 0.3) is 0 Å². The predicted octanol–water partition coefficient (Wildman–Crippen LogP) is 1.72. The second-order valence-electron chi connectivity index (χ2n) is 5.64. The second kappa shape index (κ2) is 3.39.